The highest BCUT2D eigenvalue weighted by Gasteiger charge is 2.19. The Morgan fingerprint density at radius 1 is 1.41 bits per heavy atom. The maximum Gasteiger partial charge on any atom is 0.186 e. The zero-order valence-corrected chi connectivity index (χ0v) is 10.3. The molecule has 5 nitrogen and oxygen atoms in total. The second-order valence-corrected chi connectivity index (χ2v) is 5.03. The third-order valence-corrected chi connectivity index (χ3v) is 4.01. The number of nitrogens with zero attached hydrogens (tertiary/aromatic N) is 4. The maximum atomic E-state index is 11.2. The number of rotatable bonds is 2. The van der Waals surface area contributed by atoms with E-state index in [1.165, 1.54) is 11.3 Å². The van der Waals surface area contributed by atoms with Gasteiger partial charge in [-0.15, -0.1) is 0 Å². The molecule has 0 fully saturated rings. The Kier molecular flexibility index (Phi) is 2.44. The molecule has 0 N–H and O–H groups in total. The standard InChI is InChI=1S/C11H12N4OS/c1-8(16)9-6-13-11(17-9)15-5-4-14-3-2-12-10(14)7-15/h2-3,6H,4-5,7H2,1H3. The molecule has 88 valence electrons. The molecule has 1 aliphatic rings. The van der Waals surface area contributed by atoms with E-state index in [-0.39, 0.29) is 5.78 Å². The SMILES string of the molecule is CC(=O)c1cnc(N2CCn3ccnc3C2)s1. The van der Waals surface area contributed by atoms with Crippen molar-refractivity contribution in [2.24, 2.45) is 0 Å². The number of carbonyl (C=O) groups excluding carboxylic acids is 1. The van der Waals surface area contributed by atoms with E-state index in [0.29, 0.717) is 4.88 Å². The summed E-state index contributed by atoms with van der Waals surface area (Å²) in [5.74, 6) is 1.13. The molecule has 1 aliphatic heterocycles. The smallest absolute Gasteiger partial charge is 0.186 e. The van der Waals surface area contributed by atoms with Gasteiger partial charge in [0.05, 0.1) is 17.6 Å². The lowest BCUT2D eigenvalue weighted by molar-refractivity contribution is 0.102. The van der Waals surface area contributed by atoms with E-state index < -0.39 is 0 Å². The van der Waals surface area contributed by atoms with Crippen molar-refractivity contribution in [1.29, 1.82) is 0 Å². The van der Waals surface area contributed by atoms with Crippen molar-refractivity contribution in [3.63, 3.8) is 0 Å². The Hall–Kier alpha value is -1.69. The van der Waals surface area contributed by atoms with Gasteiger partial charge in [-0.25, -0.2) is 9.97 Å². The lowest BCUT2D eigenvalue weighted by Crippen LogP contribution is -2.33. The third-order valence-electron chi connectivity index (χ3n) is 2.86. The van der Waals surface area contributed by atoms with Crippen LogP contribution >= 0.6 is 11.3 Å². The number of thiazole rings is 1. The summed E-state index contributed by atoms with van der Waals surface area (Å²) in [5, 5.41) is 0.907. The Balaban J connectivity index is 1.84. The van der Waals surface area contributed by atoms with Crippen LogP contribution in [0.15, 0.2) is 18.6 Å². The summed E-state index contributed by atoms with van der Waals surface area (Å²) in [5.41, 5.74) is 0. The summed E-state index contributed by atoms with van der Waals surface area (Å²) >= 11 is 1.45. The van der Waals surface area contributed by atoms with E-state index in [0.717, 1.165) is 30.6 Å². The van der Waals surface area contributed by atoms with Gasteiger partial charge < -0.3 is 9.47 Å². The first-order chi connectivity index (χ1) is 8.24. The van der Waals surface area contributed by atoms with Gasteiger partial charge in [0.2, 0.25) is 0 Å². The van der Waals surface area contributed by atoms with Gasteiger partial charge in [-0.2, -0.15) is 0 Å². The van der Waals surface area contributed by atoms with Crippen molar-refractivity contribution in [2.75, 3.05) is 11.4 Å². The molecule has 2 aromatic heterocycles. The van der Waals surface area contributed by atoms with E-state index in [1.807, 2.05) is 12.4 Å². The lowest BCUT2D eigenvalue weighted by Gasteiger charge is -2.27. The summed E-state index contributed by atoms with van der Waals surface area (Å²) < 4.78 is 2.15. The van der Waals surface area contributed by atoms with Crippen LogP contribution in [0.3, 0.4) is 0 Å². The fourth-order valence-corrected chi connectivity index (χ4v) is 2.75. The molecule has 0 amide bonds. The number of carbonyl (C=O) groups is 1. The first-order valence-electron chi connectivity index (χ1n) is 5.46. The monoisotopic (exact) mass is 248 g/mol. The van der Waals surface area contributed by atoms with Crippen LogP contribution in [0.25, 0.3) is 0 Å². The van der Waals surface area contributed by atoms with Crippen LogP contribution in [-0.2, 0) is 13.1 Å². The second kappa shape index (κ2) is 3.96. The van der Waals surface area contributed by atoms with Crippen LogP contribution in [0.4, 0.5) is 5.13 Å². The number of Topliss-reactive ketones (excluding diaryl/α,β-unsaturated/α-hetero) is 1. The Morgan fingerprint density at radius 3 is 3.06 bits per heavy atom. The molecule has 0 saturated carbocycles. The number of fused-ring (bicyclic) bond motifs is 1. The molecular weight excluding hydrogens is 236 g/mol. The van der Waals surface area contributed by atoms with Gasteiger partial charge in [0.15, 0.2) is 10.9 Å². The first-order valence-corrected chi connectivity index (χ1v) is 6.27. The minimum atomic E-state index is 0.0762. The van der Waals surface area contributed by atoms with Crippen molar-refractivity contribution in [3.8, 4) is 0 Å². The second-order valence-electron chi connectivity index (χ2n) is 4.02. The number of hydrogen-bond donors (Lipinski definition) is 0. The van der Waals surface area contributed by atoms with Gasteiger partial charge in [-0.3, -0.25) is 4.79 Å². The van der Waals surface area contributed by atoms with Gasteiger partial charge in [0.25, 0.3) is 0 Å². The van der Waals surface area contributed by atoms with E-state index in [2.05, 4.69) is 19.4 Å². The topological polar surface area (TPSA) is 51.0 Å². The number of hydrogen-bond acceptors (Lipinski definition) is 5. The highest BCUT2D eigenvalue weighted by molar-refractivity contribution is 7.17. The maximum absolute atomic E-state index is 11.2. The van der Waals surface area contributed by atoms with Crippen molar-refractivity contribution >= 4 is 22.3 Å². The lowest BCUT2D eigenvalue weighted by atomic mass is 10.4. The molecule has 6 heteroatoms. The highest BCUT2D eigenvalue weighted by Crippen LogP contribution is 2.25. The molecule has 0 unspecified atom stereocenters. The molecule has 0 aliphatic carbocycles. The average Bonchev–Trinajstić information content (AvgIpc) is 2.97. The quantitative estimate of drug-likeness (QED) is 0.757. The summed E-state index contributed by atoms with van der Waals surface area (Å²) in [6.45, 7) is 4.16. The Labute approximate surface area is 103 Å². The van der Waals surface area contributed by atoms with Crippen molar-refractivity contribution in [3.05, 3.63) is 29.3 Å². The van der Waals surface area contributed by atoms with E-state index >= 15 is 0 Å². The summed E-state index contributed by atoms with van der Waals surface area (Å²) in [6, 6.07) is 0. The number of anilines is 1. The third kappa shape index (κ3) is 1.84. The zero-order valence-electron chi connectivity index (χ0n) is 9.46. The van der Waals surface area contributed by atoms with Gasteiger partial charge in [0, 0.05) is 32.4 Å². The van der Waals surface area contributed by atoms with E-state index in [1.54, 1.807) is 13.1 Å². The van der Waals surface area contributed by atoms with Gasteiger partial charge in [0.1, 0.15) is 5.82 Å². The Morgan fingerprint density at radius 2 is 2.29 bits per heavy atom. The molecule has 0 bridgehead atoms. The molecule has 0 spiro atoms. The van der Waals surface area contributed by atoms with Crippen LogP contribution in [0, 0.1) is 0 Å². The normalized spacial score (nSPS) is 14.8. The van der Waals surface area contributed by atoms with Crippen LogP contribution in [0.5, 0.6) is 0 Å². The van der Waals surface area contributed by atoms with Crippen LogP contribution in [-0.4, -0.2) is 26.9 Å². The van der Waals surface area contributed by atoms with Gasteiger partial charge in [-0.1, -0.05) is 11.3 Å². The van der Waals surface area contributed by atoms with E-state index in [9.17, 15) is 4.79 Å². The van der Waals surface area contributed by atoms with Crippen molar-refractivity contribution in [2.45, 2.75) is 20.0 Å². The highest BCUT2D eigenvalue weighted by atomic mass is 32.1. The summed E-state index contributed by atoms with van der Waals surface area (Å²) in [4.78, 5) is 22.7. The van der Waals surface area contributed by atoms with Crippen molar-refractivity contribution < 1.29 is 4.79 Å². The molecule has 0 radical (unpaired) electrons. The van der Waals surface area contributed by atoms with Crippen LogP contribution in [0.1, 0.15) is 22.4 Å². The van der Waals surface area contributed by atoms with Crippen LogP contribution < -0.4 is 4.90 Å². The van der Waals surface area contributed by atoms with Gasteiger partial charge >= 0.3 is 0 Å². The fourth-order valence-electron chi connectivity index (χ4n) is 1.91. The molecule has 0 atom stereocenters. The summed E-state index contributed by atoms with van der Waals surface area (Å²) in [7, 11) is 0. The minimum absolute atomic E-state index is 0.0762. The number of ketones is 1. The first kappa shape index (κ1) is 10.5. The van der Waals surface area contributed by atoms with Crippen LogP contribution in [0.2, 0.25) is 0 Å². The summed E-state index contributed by atoms with van der Waals surface area (Å²) in [6.07, 6.45) is 5.47. The number of aromatic nitrogens is 3. The minimum Gasteiger partial charge on any atom is -0.339 e. The molecule has 3 heterocycles. The molecule has 2 aromatic rings. The molecule has 17 heavy (non-hydrogen) atoms. The molecule has 0 saturated heterocycles. The molecule has 3 rings (SSSR count). The molecule has 0 aromatic carbocycles. The molecular formula is C11H12N4OS. The fraction of sp³-hybridized carbons (Fsp3) is 0.364. The predicted molar refractivity (Wildman–Crippen MR) is 65.4 cm³/mol. The largest absolute Gasteiger partial charge is 0.339 e. The Bertz CT molecular complexity index is 559. The zero-order chi connectivity index (χ0) is 11.8. The predicted octanol–water partition coefficient (Wildman–Crippen LogP) is 1.56. The number of imidazole rings is 1. The average molecular weight is 248 g/mol. The van der Waals surface area contributed by atoms with Gasteiger partial charge in [-0.05, 0) is 0 Å². The van der Waals surface area contributed by atoms with Crippen molar-refractivity contribution in [1.82, 2.24) is 14.5 Å². The van der Waals surface area contributed by atoms with E-state index in [4.69, 9.17) is 0 Å².